The van der Waals surface area contributed by atoms with Gasteiger partial charge in [0.05, 0.1) is 0 Å². The molecule has 4 heteroatoms. The molecule has 0 spiro atoms. The summed E-state index contributed by atoms with van der Waals surface area (Å²) in [4.78, 5) is 0. The summed E-state index contributed by atoms with van der Waals surface area (Å²) in [7, 11) is 0. The van der Waals surface area contributed by atoms with Gasteiger partial charge in [0, 0.05) is 6.61 Å². The maximum absolute atomic E-state index is 11.7. The number of halogens is 2. The molecule has 1 saturated heterocycles. The molecule has 1 N–H and O–H groups in total. The molecular formula is C9H17F2NO. The Bertz CT molecular complexity index is 125. The van der Waals surface area contributed by atoms with Gasteiger partial charge in [0.1, 0.15) is 6.61 Å². The molecule has 0 bridgehead atoms. The van der Waals surface area contributed by atoms with Crippen LogP contribution in [0.15, 0.2) is 0 Å². The zero-order valence-corrected chi connectivity index (χ0v) is 7.77. The van der Waals surface area contributed by atoms with Crippen molar-refractivity contribution >= 4 is 0 Å². The van der Waals surface area contributed by atoms with Crippen LogP contribution >= 0.6 is 0 Å². The second kappa shape index (κ2) is 6.27. The first-order valence-corrected chi connectivity index (χ1v) is 4.85. The summed E-state index contributed by atoms with van der Waals surface area (Å²) in [6.45, 7) is 2.12. The Labute approximate surface area is 77.6 Å². The molecule has 0 saturated carbocycles. The second-order valence-corrected chi connectivity index (χ2v) is 3.48. The zero-order valence-electron chi connectivity index (χ0n) is 7.77. The van der Waals surface area contributed by atoms with E-state index in [1.54, 1.807) is 0 Å². The molecule has 1 aliphatic heterocycles. The Balaban J connectivity index is 2.05. The van der Waals surface area contributed by atoms with Gasteiger partial charge >= 0.3 is 0 Å². The van der Waals surface area contributed by atoms with Crippen LogP contribution in [-0.4, -0.2) is 32.7 Å². The number of alkyl halides is 2. The molecule has 1 atom stereocenters. The lowest BCUT2D eigenvalue weighted by Gasteiger charge is -2.13. The zero-order chi connectivity index (χ0) is 9.52. The molecule has 1 heterocycles. The molecule has 1 fully saturated rings. The van der Waals surface area contributed by atoms with Crippen molar-refractivity contribution in [3.05, 3.63) is 0 Å². The standard InChI is InChI=1S/C9H17F2NO/c10-9(11)7-13-6-8-2-1-4-12-5-3-8/h8-9,12H,1-7H2. The minimum absolute atomic E-state index is 0.413. The van der Waals surface area contributed by atoms with E-state index in [2.05, 4.69) is 5.32 Å². The topological polar surface area (TPSA) is 21.3 Å². The predicted molar refractivity (Wildman–Crippen MR) is 47.0 cm³/mol. The predicted octanol–water partition coefficient (Wildman–Crippen LogP) is 1.66. The van der Waals surface area contributed by atoms with Crippen LogP contribution in [0.3, 0.4) is 0 Å². The van der Waals surface area contributed by atoms with Gasteiger partial charge in [-0.3, -0.25) is 0 Å². The summed E-state index contributed by atoms with van der Waals surface area (Å²) in [6, 6.07) is 0. The van der Waals surface area contributed by atoms with E-state index in [-0.39, 0.29) is 0 Å². The molecule has 0 aliphatic carbocycles. The highest BCUT2D eigenvalue weighted by Crippen LogP contribution is 2.13. The van der Waals surface area contributed by atoms with E-state index >= 15 is 0 Å². The lowest BCUT2D eigenvalue weighted by atomic mass is 10.0. The van der Waals surface area contributed by atoms with Crippen LogP contribution in [0.4, 0.5) is 8.78 Å². The highest BCUT2D eigenvalue weighted by molar-refractivity contribution is 4.66. The minimum Gasteiger partial charge on any atom is -0.375 e. The van der Waals surface area contributed by atoms with Crippen molar-refractivity contribution in [3.63, 3.8) is 0 Å². The SMILES string of the molecule is FC(F)COCC1CCCNCC1. The first-order valence-electron chi connectivity index (χ1n) is 4.85. The van der Waals surface area contributed by atoms with Crippen LogP contribution in [0.5, 0.6) is 0 Å². The first-order chi connectivity index (χ1) is 6.29. The van der Waals surface area contributed by atoms with Gasteiger partial charge in [-0.2, -0.15) is 0 Å². The van der Waals surface area contributed by atoms with Crippen molar-refractivity contribution in [1.29, 1.82) is 0 Å². The quantitative estimate of drug-likeness (QED) is 0.733. The van der Waals surface area contributed by atoms with E-state index < -0.39 is 13.0 Å². The Morgan fingerprint density at radius 1 is 1.31 bits per heavy atom. The molecule has 78 valence electrons. The number of nitrogens with one attached hydrogen (secondary N) is 1. The first kappa shape index (κ1) is 10.9. The van der Waals surface area contributed by atoms with E-state index in [0.717, 1.165) is 32.4 Å². The van der Waals surface area contributed by atoms with E-state index in [1.807, 2.05) is 0 Å². The molecule has 0 radical (unpaired) electrons. The van der Waals surface area contributed by atoms with Gasteiger partial charge in [0.25, 0.3) is 6.43 Å². The number of ether oxygens (including phenoxy) is 1. The number of rotatable bonds is 4. The summed E-state index contributed by atoms with van der Waals surface area (Å²) in [5.74, 6) is 0.466. The fourth-order valence-corrected chi connectivity index (χ4v) is 1.58. The van der Waals surface area contributed by atoms with E-state index in [4.69, 9.17) is 4.74 Å². The van der Waals surface area contributed by atoms with Crippen molar-refractivity contribution in [2.45, 2.75) is 25.7 Å². The normalized spacial score (nSPS) is 24.7. The van der Waals surface area contributed by atoms with E-state index in [0.29, 0.717) is 12.5 Å². The van der Waals surface area contributed by atoms with Gasteiger partial charge in [-0.05, 0) is 38.3 Å². The number of hydrogen-bond donors (Lipinski definition) is 1. The van der Waals surface area contributed by atoms with Crippen LogP contribution in [0.2, 0.25) is 0 Å². The van der Waals surface area contributed by atoms with E-state index in [9.17, 15) is 8.78 Å². The van der Waals surface area contributed by atoms with Crippen molar-refractivity contribution in [2.75, 3.05) is 26.3 Å². The molecule has 1 aliphatic rings. The molecule has 0 aromatic rings. The maximum Gasteiger partial charge on any atom is 0.261 e. The van der Waals surface area contributed by atoms with Crippen molar-refractivity contribution in [1.82, 2.24) is 5.32 Å². The van der Waals surface area contributed by atoms with Crippen LogP contribution < -0.4 is 5.32 Å². The van der Waals surface area contributed by atoms with Crippen molar-refractivity contribution in [3.8, 4) is 0 Å². The maximum atomic E-state index is 11.7. The van der Waals surface area contributed by atoms with Crippen LogP contribution in [-0.2, 0) is 4.74 Å². The Hall–Kier alpha value is -0.220. The number of hydrogen-bond acceptors (Lipinski definition) is 2. The molecule has 1 rings (SSSR count). The van der Waals surface area contributed by atoms with Crippen molar-refractivity contribution in [2.24, 2.45) is 5.92 Å². The fourth-order valence-electron chi connectivity index (χ4n) is 1.58. The molecule has 0 aromatic carbocycles. The molecular weight excluding hydrogens is 176 g/mol. The minimum atomic E-state index is -2.33. The Morgan fingerprint density at radius 2 is 2.15 bits per heavy atom. The third-order valence-electron chi connectivity index (χ3n) is 2.29. The summed E-state index contributed by atoms with van der Waals surface area (Å²) in [6.07, 6.45) is 0.936. The van der Waals surface area contributed by atoms with Gasteiger partial charge in [0.15, 0.2) is 0 Å². The fraction of sp³-hybridized carbons (Fsp3) is 1.00. The molecule has 0 amide bonds. The monoisotopic (exact) mass is 193 g/mol. The Morgan fingerprint density at radius 3 is 2.92 bits per heavy atom. The largest absolute Gasteiger partial charge is 0.375 e. The summed E-state index contributed by atoms with van der Waals surface area (Å²) in [5.41, 5.74) is 0. The lowest BCUT2D eigenvalue weighted by molar-refractivity contribution is 0.00248. The van der Waals surface area contributed by atoms with Gasteiger partial charge in [0.2, 0.25) is 0 Å². The van der Waals surface area contributed by atoms with Gasteiger partial charge in [-0.15, -0.1) is 0 Å². The third kappa shape index (κ3) is 5.16. The van der Waals surface area contributed by atoms with Gasteiger partial charge in [-0.25, -0.2) is 8.78 Å². The van der Waals surface area contributed by atoms with Crippen LogP contribution in [0, 0.1) is 5.92 Å². The van der Waals surface area contributed by atoms with Crippen LogP contribution in [0.1, 0.15) is 19.3 Å². The molecule has 0 aromatic heterocycles. The molecule has 1 unspecified atom stereocenters. The highest BCUT2D eigenvalue weighted by Gasteiger charge is 2.12. The molecule has 13 heavy (non-hydrogen) atoms. The third-order valence-corrected chi connectivity index (χ3v) is 2.29. The van der Waals surface area contributed by atoms with Crippen LogP contribution in [0.25, 0.3) is 0 Å². The smallest absolute Gasteiger partial charge is 0.261 e. The second-order valence-electron chi connectivity index (χ2n) is 3.48. The molecule has 2 nitrogen and oxygen atoms in total. The van der Waals surface area contributed by atoms with Gasteiger partial charge in [-0.1, -0.05) is 0 Å². The summed E-state index contributed by atoms with van der Waals surface area (Å²) in [5, 5.41) is 3.27. The van der Waals surface area contributed by atoms with Gasteiger partial charge < -0.3 is 10.1 Å². The lowest BCUT2D eigenvalue weighted by Crippen LogP contribution is -2.16. The van der Waals surface area contributed by atoms with Crippen molar-refractivity contribution < 1.29 is 13.5 Å². The summed E-state index contributed by atoms with van der Waals surface area (Å²) < 4.78 is 28.4. The Kier molecular flexibility index (Phi) is 5.23. The highest BCUT2D eigenvalue weighted by atomic mass is 19.3. The summed E-state index contributed by atoms with van der Waals surface area (Å²) >= 11 is 0. The average molecular weight is 193 g/mol. The van der Waals surface area contributed by atoms with E-state index in [1.165, 1.54) is 0 Å². The average Bonchev–Trinajstić information content (AvgIpc) is 2.32.